The fourth-order valence-corrected chi connectivity index (χ4v) is 2.06. The van der Waals surface area contributed by atoms with Gasteiger partial charge in [0.05, 0.1) is 16.8 Å². The predicted octanol–water partition coefficient (Wildman–Crippen LogP) is 2.68. The molecule has 0 radical (unpaired) electrons. The van der Waals surface area contributed by atoms with Crippen molar-refractivity contribution >= 4 is 34.8 Å². The van der Waals surface area contributed by atoms with E-state index in [-0.39, 0.29) is 11.9 Å². The van der Waals surface area contributed by atoms with Crippen LogP contribution in [-0.4, -0.2) is 18.5 Å². The molecule has 2 N–H and O–H groups in total. The molecule has 16 heavy (non-hydrogen) atoms. The van der Waals surface area contributed by atoms with Crippen molar-refractivity contribution in [2.24, 2.45) is 0 Å². The van der Waals surface area contributed by atoms with E-state index in [4.69, 9.17) is 23.2 Å². The van der Waals surface area contributed by atoms with Crippen LogP contribution in [0, 0.1) is 0 Å². The van der Waals surface area contributed by atoms with E-state index in [1.165, 1.54) is 0 Å². The van der Waals surface area contributed by atoms with Crippen molar-refractivity contribution < 1.29 is 4.79 Å². The Kier molecular flexibility index (Phi) is 3.69. The average Bonchev–Trinajstić information content (AvgIpc) is 2.76. The standard InChI is InChI=1S/C11H12Cl2N2O/c12-7-3-4-8(13)10(6-7)15-11(16)9-2-1-5-14-9/h3-4,6,9,14H,1-2,5H2,(H,15,16)/t9-/m0/s1. The summed E-state index contributed by atoms with van der Waals surface area (Å²) in [6.07, 6.45) is 1.89. The van der Waals surface area contributed by atoms with Crippen molar-refractivity contribution in [3.8, 4) is 0 Å². The maximum absolute atomic E-state index is 11.8. The van der Waals surface area contributed by atoms with Crippen molar-refractivity contribution in [2.45, 2.75) is 18.9 Å². The van der Waals surface area contributed by atoms with Crippen LogP contribution >= 0.6 is 23.2 Å². The first-order chi connectivity index (χ1) is 7.66. The molecule has 3 nitrogen and oxygen atoms in total. The molecule has 1 aliphatic heterocycles. The Bertz CT molecular complexity index is 403. The molecular weight excluding hydrogens is 247 g/mol. The highest BCUT2D eigenvalue weighted by molar-refractivity contribution is 6.35. The number of benzene rings is 1. The van der Waals surface area contributed by atoms with E-state index in [0.717, 1.165) is 19.4 Å². The monoisotopic (exact) mass is 258 g/mol. The number of nitrogens with one attached hydrogen (secondary N) is 2. The second-order valence-electron chi connectivity index (χ2n) is 3.76. The molecule has 86 valence electrons. The number of anilines is 1. The molecule has 0 aromatic heterocycles. The fourth-order valence-electron chi connectivity index (χ4n) is 1.72. The van der Waals surface area contributed by atoms with Gasteiger partial charge >= 0.3 is 0 Å². The maximum Gasteiger partial charge on any atom is 0.241 e. The van der Waals surface area contributed by atoms with Crippen LogP contribution in [0.3, 0.4) is 0 Å². The Morgan fingerprint density at radius 3 is 2.94 bits per heavy atom. The molecule has 1 amide bonds. The largest absolute Gasteiger partial charge is 0.323 e. The molecule has 0 bridgehead atoms. The summed E-state index contributed by atoms with van der Waals surface area (Å²) >= 11 is 11.8. The molecule has 0 saturated carbocycles. The van der Waals surface area contributed by atoms with E-state index < -0.39 is 0 Å². The van der Waals surface area contributed by atoms with Gasteiger partial charge in [0.2, 0.25) is 5.91 Å². The lowest BCUT2D eigenvalue weighted by molar-refractivity contribution is -0.117. The Balaban J connectivity index is 2.07. The molecular formula is C11H12Cl2N2O. The van der Waals surface area contributed by atoms with Crippen LogP contribution in [0.4, 0.5) is 5.69 Å². The van der Waals surface area contributed by atoms with Gasteiger partial charge in [-0.1, -0.05) is 23.2 Å². The molecule has 1 fully saturated rings. The van der Waals surface area contributed by atoms with Crippen LogP contribution in [0.1, 0.15) is 12.8 Å². The highest BCUT2D eigenvalue weighted by Gasteiger charge is 2.22. The normalized spacial score (nSPS) is 19.8. The van der Waals surface area contributed by atoms with E-state index in [2.05, 4.69) is 10.6 Å². The highest BCUT2D eigenvalue weighted by atomic mass is 35.5. The van der Waals surface area contributed by atoms with Crippen LogP contribution in [0.25, 0.3) is 0 Å². The molecule has 1 atom stereocenters. The van der Waals surface area contributed by atoms with Gasteiger partial charge in [0.15, 0.2) is 0 Å². The van der Waals surface area contributed by atoms with Gasteiger partial charge in [0.1, 0.15) is 0 Å². The first-order valence-electron chi connectivity index (χ1n) is 5.16. The van der Waals surface area contributed by atoms with Crippen molar-refractivity contribution in [3.63, 3.8) is 0 Å². The van der Waals surface area contributed by atoms with Crippen LogP contribution < -0.4 is 10.6 Å². The summed E-state index contributed by atoms with van der Waals surface area (Å²) in [6, 6.07) is 4.89. The summed E-state index contributed by atoms with van der Waals surface area (Å²) in [5, 5.41) is 6.95. The number of amides is 1. The number of carbonyl (C=O) groups is 1. The molecule has 0 spiro atoms. The topological polar surface area (TPSA) is 41.1 Å². The van der Waals surface area contributed by atoms with Crippen LogP contribution in [0.15, 0.2) is 18.2 Å². The van der Waals surface area contributed by atoms with Gasteiger partial charge in [-0.25, -0.2) is 0 Å². The van der Waals surface area contributed by atoms with Gasteiger partial charge in [-0.3, -0.25) is 4.79 Å². The summed E-state index contributed by atoms with van der Waals surface area (Å²) in [4.78, 5) is 11.8. The lowest BCUT2D eigenvalue weighted by Gasteiger charge is -2.12. The minimum absolute atomic E-state index is 0.0540. The molecule has 1 aromatic carbocycles. The third-order valence-electron chi connectivity index (χ3n) is 2.56. The van der Waals surface area contributed by atoms with Gasteiger partial charge < -0.3 is 10.6 Å². The van der Waals surface area contributed by atoms with Crippen molar-refractivity contribution in [1.29, 1.82) is 0 Å². The fraction of sp³-hybridized carbons (Fsp3) is 0.364. The summed E-state index contributed by atoms with van der Waals surface area (Å²) in [7, 11) is 0. The minimum Gasteiger partial charge on any atom is -0.323 e. The third-order valence-corrected chi connectivity index (χ3v) is 3.13. The Morgan fingerprint density at radius 2 is 2.25 bits per heavy atom. The first-order valence-corrected chi connectivity index (χ1v) is 5.92. The summed E-state index contributed by atoms with van der Waals surface area (Å²) in [5.74, 6) is -0.0540. The number of halogens is 2. The summed E-state index contributed by atoms with van der Waals surface area (Å²) < 4.78 is 0. The molecule has 1 heterocycles. The van der Waals surface area contributed by atoms with Crippen molar-refractivity contribution in [3.05, 3.63) is 28.2 Å². The number of hydrogen-bond acceptors (Lipinski definition) is 2. The number of carbonyl (C=O) groups excluding carboxylic acids is 1. The smallest absolute Gasteiger partial charge is 0.241 e. The zero-order chi connectivity index (χ0) is 11.5. The average molecular weight is 259 g/mol. The molecule has 1 aliphatic rings. The van der Waals surface area contributed by atoms with Gasteiger partial charge in [-0.15, -0.1) is 0 Å². The van der Waals surface area contributed by atoms with Crippen LogP contribution in [-0.2, 0) is 4.79 Å². The van der Waals surface area contributed by atoms with E-state index in [1.54, 1.807) is 18.2 Å². The lowest BCUT2D eigenvalue weighted by Crippen LogP contribution is -2.35. The first kappa shape index (κ1) is 11.7. The number of rotatable bonds is 2. The van der Waals surface area contributed by atoms with Crippen LogP contribution in [0.2, 0.25) is 10.0 Å². The zero-order valence-corrected chi connectivity index (χ0v) is 10.1. The Labute approximate surface area is 104 Å². The van der Waals surface area contributed by atoms with Crippen LogP contribution in [0.5, 0.6) is 0 Å². The molecule has 5 heteroatoms. The number of hydrogen-bond donors (Lipinski definition) is 2. The van der Waals surface area contributed by atoms with Gasteiger partial charge in [-0.05, 0) is 37.6 Å². The maximum atomic E-state index is 11.8. The lowest BCUT2D eigenvalue weighted by atomic mass is 10.2. The minimum atomic E-state index is -0.116. The van der Waals surface area contributed by atoms with E-state index >= 15 is 0 Å². The molecule has 2 rings (SSSR count). The van der Waals surface area contributed by atoms with E-state index in [9.17, 15) is 4.79 Å². The zero-order valence-electron chi connectivity index (χ0n) is 8.59. The molecule has 0 aliphatic carbocycles. The second kappa shape index (κ2) is 5.04. The predicted molar refractivity (Wildman–Crippen MR) is 66.1 cm³/mol. The SMILES string of the molecule is O=C(Nc1cc(Cl)ccc1Cl)[C@@H]1CCCN1. The second-order valence-corrected chi connectivity index (χ2v) is 4.61. The summed E-state index contributed by atoms with van der Waals surface area (Å²) in [6.45, 7) is 0.890. The molecule has 0 unspecified atom stereocenters. The van der Waals surface area contributed by atoms with Gasteiger partial charge in [-0.2, -0.15) is 0 Å². The van der Waals surface area contributed by atoms with Gasteiger partial charge in [0.25, 0.3) is 0 Å². The summed E-state index contributed by atoms with van der Waals surface area (Å²) in [5.41, 5.74) is 0.563. The molecule has 1 saturated heterocycles. The highest BCUT2D eigenvalue weighted by Crippen LogP contribution is 2.25. The van der Waals surface area contributed by atoms with Gasteiger partial charge in [0, 0.05) is 5.02 Å². The Hall–Kier alpha value is -0.770. The van der Waals surface area contributed by atoms with E-state index in [1.807, 2.05) is 0 Å². The van der Waals surface area contributed by atoms with E-state index in [0.29, 0.717) is 15.7 Å². The van der Waals surface area contributed by atoms with Crippen molar-refractivity contribution in [1.82, 2.24) is 5.32 Å². The Morgan fingerprint density at radius 1 is 1.44 bits per heavy atom. The third kappa shape index (κ3) is 2.67. The quantitative estimate of drug-likeness (QED) is 0.857. The van der Waals surface area contributed by atoms with Crippen molar-refractivity contribution in [2.75, 3.05) is 11.9 Å². The molecule has 1 aromatic rings.